The largest absolute Gasteiger partial charge is 0.345 e. The van der Waals surface area contributed by atoms with Gasteiger partial charge in [0, 0.05) is 22.9 Å². The molecule has 1 aromatic carbocycles. The number of hydrogen-bond donors (Lipinski definition) is 2. The summed E-state index contributed by atoms with van der Waals surface area (Å²) in [5.41, 5.74) is 1.19. The van der Waals surface area contributed by atoms with Gasteiger partial charge in [0.05, 0.1) is 30.2 Å². The van der Waals surface area contributed by atoms with Crippen molar-refractivity contribution in [3.05, 3.63) is 90.5 Å². The van der Waals surface area contributed by atoms with E-state index in [1.165, 1.54) is 23.1 Å². The third-order valence-corrected chi connectivity index (χ3v) is 7.02. The van der Waals surface area contributed by atoms with Gasteiger partial charge in [0.25, 0.3) is 5.91 Å². The van der Waals surface area contributed by atoms with Crippen LogP contribution in [-0.2, 0) is 15.3 Å². The van der Waals surface area contributed by atoms with Gasteiger partial charge in [0.1, 0.15) is 11.5 Å². The first kappa shape index (κ1) is 22.5. The molecule has 5 rings (SSSR count). The van der Waals surface area contributed by atoms with Gasteiger partial charge < -0.3 is 20.1 Å². The van der Waals surface area contributed by atoms with Crippen molar-refractivity contribution in [1.82, 2.24) is 20.3 Å². The lowest BCUT2D eigenvalue weighted by Gasteiger charge is -2.28. The Kier molecular flexibility index (Phi) is 6.82. The molecule has 1 aliphatic rings. The van der Waals surface area contributed by atoms with Crippen molar-refractivity contribution in [2.45, 2.75) is 14.9 Å². The number of benzene rings is 1. The number of carbonyl (C=O) groups is 1. The minimum Gasteiger partial charge on any atom is -0.345 e. The molecule has 0 atom stereocenters. The van der Waals surface area contributed by atoms with E-state index in [1.807, 2.05) is 54.6 Å². The summed E-state index contributed by atoms with van der Waals surface area (Å²) in [6, 6.07) is 18.9. The second-order valence-corrected chi connectivity index (χ2v) is 9.71. The molecule has 0 unspecified atom stereocenters. The van der Waals surface area contributed by atoms with Gasteiger partial charge in [-0.05, 0) is 24.3 Å². The summed E-state index contributed by atoms with van der Waals surface area (Å²) in [4.78, 5) is 26.6. The Morgan fingerprint density at radius 2 is 1.82 bits per heavy atom. The van der Waals surface area contributed by atoms with Crippen molar-refractivity contribution >= 4 is 40.0 Å². The Morgan fingerprint density at radius 3 is 2.62 bits per heavy atom. The number of nitrogens with one attached hydrogen (secondary N) is 2. The van der Waals surface area contributed by atoms with Crippen LogP contribution in [-0.4, -0.2) is 40.6 Å². The van der Waals surface area contributed by atoms with Gasteiger partial charge in [-0.2, -0.15) is 0 Å². The van der Waals surface area contributed by atoms with Crippen molar-refractivity contribution in [3.8, 4) is 0 Å². The number of anilines is 2. The van der Waals surface area contributed by atoms with Crippen LogP contribution >= 0.6 is 23.1 Å². The average Bonchev–Trinajstić information content (AvgIpc) is 3.54. The molecule has 2 N–H and O–H groups in total. The van der Waals surface area contributed by atoms with E-state index in [2.05, 4.69) is 25.6 Å². The van der Waals surface area contributed by atoms with E-state index in [0.29, 0.717) is 18.9 Å². The highest BCUT2D eigenvalue weighted by Gasteiger charge is 2.39. The number of rotatable bonds is 8. The zero-order valence-electron chi connectivity index (χ0n) is 18.0. The van der Waals surface area contributed by atoms with E-state index in [0.717, 1.165) is 25.6 Å². The fourth-order valence-corrected chi connectivity index (χ4v) is 5.32. The zero-order valence-corrected chi connectivity index (χ0v) is 19.6. The molecule has 1 aliphatic heterocycles. The van der Waals surface area contributed by atoms with Gasteiger partial charge in [0.15, 0.2) is 5.13 Å². The lowest BCUT2D eigenvalue weighted by Crippen LogP contribution is -2.42. The Hall–Kier alpha value is -3.31. The van der Waals surface area contributed by atoms with E-state index in [1.54, 1.807) is 24.7 Å². The van der Waals surface area contributed by atoms with E-state index in [9.17, 15) is 4.79 Å². The minimum atomic E-state index is -0.983. The van der Waals surface area contributed by atoms with E-state index in [-0.39, 0.29) is 12.5 Å². The third-order valence-electron chi connectivity index (χ3n) is 5.02. The van der Waals surface area contributed by atoms with Crippen LogP contribution in [0.2, 0.25) is 0 Å². The second kappa shape index (κ2) is 10.3. The van der Waals surface area contributed by atoms with E-state index < -0.39 is 5.79 Å². The highest BCUT2D eigenvalue weighted by atomic mass is 32.2. The first-order chi connectivity index (χ1) is 16.7. The molecule has 1 amide bonds. The van der Waals surface area contributed by atoms with Crippen LogP contribution in [0.1, 0.15) is 16.1 Å². The quantitative estimate of drug-likeness (QED) is 0.373. The normalized spacial score (nSPS) is 14.6. The lowest BCUT2D eigenvalue weighted by molar-refractivity contribution is -0.160. The number of carbonyl (C=O) groups excluding carboxylic acids is 1. The molecule has 8 nitrogen and oxygen atoms in total. The van der Waals surface area contributed by atoms with Crippen LogP contribution in [0.4, 0.5) is 10.9 Å². The smallest absolute Gasteiger partial charge is 0.270 e. The van der Waals surface area contributed by atoms with E-state index in [4.69, 9.17) is 9.47 Å². The summed E-state index contributed by atoms with van der Waals surface area (Å²) < 4.78 is 12.7. The second-order valence-electron chi connectivity index (χ2n) is 7.30. The van der Waals surface area contributed by atoms with Crippen LogP contribution in [0, 0.1) is 0 Å². The highest BCUT2D eigenvalue weighted by Crippen LogP contribution is 2.35. The number of pyridine rings is 2. The summed E-state index contributed by atoms with van der Waals surface area (Å²) in [5.74, 6) is -0.540. The molecule has 172 valence electrons. The molecule has 1 fully saturated rings. The van der Waals surface area contributed by atoms with Gasteiger partial charge in [-0.1, -0.05) is 59.5 Å². The van der Waals surface area contributed by atoms with E-state index >= 15 is 0 Å². The Labute approximate surface area is 204 Å². The Bertz CT molecular complexity index is 1250. The van der Waals surface area contributed by atoms with Crippen LogP contribution < -0.4 is 10.6 Å². The predicted octanol–water partition coefficient (Wildman–Crippen LogP) is 4.46. The number of nitrogens with zero attached hydrogens (tertiary/aromatic N) is 3. The number of ether oxygens (including phenoxy) is 2. The molecule has 34 heavy (non-hydrogen) atoms. The molecule has 0 saturated carbocycles. The number of aromatic nitrogens is 3. The molecule has 3 aromatic heterocycles. The highest BCUT2D eigenvalue weighted by molar-refractivity contribution is 8.01. The SMILES string of the molecule is O=C(NCC1(c2ccccc2)OCCO1)c1cc(Sc2cnc(Nc3ccccn3)s2)ccn1. The fourth-order valence-electron chi connectivity index (χ4n) is 3.43. The summed E-state index contributed by atoms with van der Waals surface area (Å²) in [7, 11) is 0. The molecule has 1 saturated heterocycles. The fraction of sp³-hybridized carbons (Fsp3) is 0.167. The summed E-state index contributed by atoms with van der Waals surface area (Å²) in [6.45, 7) is 1.13. The molecule has 0 spiro atoms. The zero-order chi connectivity index (χ0) is 23.2. The topological polar surface area (TPSA) is 98.3 Å². The summed E-state index contributed by atoms with van der Waals surface area (Å²) in [5, 5.41) is 6.84. The molecule has 0 bridgehead atoms. The first-order valence-corrected chi connectivity index (χ1v) is 12.2. The predicted molar refractivity (Wildman–Crippen MR) is 130 cm³/mol. The standard InChI is InChI=1S/C24H21N5O3S2/c30-22(28-16-24(31-12-13-32-24)17-6-2-1-3-7-17)19-14-18(9-11-25-19)33-21-15-27-23(34-21)29-20-8-4-5-10-26-20/h1-11,14-15H,12-13,16H2,(H,28,30)(H,26,27,29). The van der Waals surface area contributed by atoms with Crippen molar-refractivity contribution in [1.29, 1.82) is 0 Å². The monoisotopic (exact) mass is 491 g/mol. The Morgan fingerprint density at radius 1 is 1.00 bits per heavy atom. The maximum atomic E-state index is 12.9. The molecular formula is C24H21N5O3S2. The van der Waals surface area contributed by atoms with Crippen LogP contribution in [0.5, 0.6) is 0 Å². The van der Waals surface area contributed by atoms with Gasteiger partial charge in [-0.15, -0.1) is 0 Å². The summed E-state index contributed by atoms with van der Waals surface area (Å²) in [6.07, 6.45) is 5.14. The van der Waals surface area contributed by atoms with Crippen molar-refractivity contribution in [2.24, 2.45) is 0 Å². The van der Waals surface area contributed by atoms with Crippen LogP contribution in [0.15, 0.2) is 88.4 Å². The summed E-state index contributed by atoms with van der Waals surface area (Å²) >= 11 is 3.02. The van der Waals surface area contributed by atoms with Crippen molar-refractivity contribution < 1.29 is 14.3 Å². The van der Waals surface area contributed by atoms with Gasteiger partial charge in [-0.25, -0.2) is 9.97 Å². The lowest BCUT2D eigenvalue weighted by atomic mass is 10.1. The Balaban J connectivity index is 1.23. The van der Waals surface area contributed by atoms with Gasteiger partial charge in [-0.3, -0.25) is 9.78 Å². The van der Waals surface area contributed by atoms with Crippen LogP contribution in [0.3, 0.4) is 0 Å². The van der Waals surface area contributed by atoms with Gasteiger partial charge >= 0.3 is 0 Å². The maximum Gasteiger partial charge on any atom is 0.270 e. The molecule has 0 radical (unpaired) electrons. The molecule has 10 heteroatoms. The molecular weight excluding hydrogens is 470 g/mol. The van der Waals surface area contributed by atoms with Gasteiger partial charge in [0.2, 0.25) is 5.79 Å². The first-order valence-electron chi connectivity index (χ1n) is 10.6. The van der Waals surface area contributed by atoms with Crippen molar-refractivity contribution in [2.75, 3.05) is 25.1 Å². The third kappa shape index (κ3) is 5.26. The molecule has 0 aliphatic carbocycles. The maximum absolute atomic E-state index is 12.9. The van der Waals surface area contributed by atoms with Crippen LogP contribution in [0.25, 0.3) is 0 Å². The number of hydrogen-bond acceptors (Lipinski definition) is 9. The number of amides is 1. The minimum absolute atomic E-state index is 0.187. The molecule has 4 aromatic rings. The average molecular weight is 492 g/mol. The van der Waals surface area contributed by atoms with Crippen molar-refractivity contribution in [3.63, 3.8) is 0 Å². The molecule has 4 heterocycles. The number of thiazole rings is 1.